The Morgan fingerprint density at radius 3 is 2.29 bits per heavy atom. The molecule has 72 valence electrons. The molecule has 0 saturated carbocycles. The van der Waals surface area contributed by atoms with Crippen LogP contribution in [0.15, 0.2) is 30.6 Å². The van der Waals surface area contributed by atoms with Gasteiger partial charge in [0.05, 0.1) is 0 Å². The highest BCUT2D eigenvalue weighted by atomic mass is 16.4. The molecule has 2 N–H and O–H groups in total. The van der Waals surface area contributed by atoms with Gasteiger partial charge in [-0.25, -0.2) is 4.79 Å². The smallest absolute Gasteiger partial charge is 0.376 e. The molecule has 5 nitrogen and oxygen atoms in total. The van der Waals surface area contributed by atoms with Crippen molar-refractivity contribution in [2.75, 3.05) is 0 Å². The number of aliphatic hydroxyl groups is 1. The maximum absolute atomic E-state index is 10.7. The lowest BCUT2D eigenvalue weighted by Gasteiger charge is -1.96. The molecule has 0 saturated heterocycles. The molecule has 1 aromatic rings. The van der Waals surface area contributed by atoms with E-state index in [4.69, 9.17) is 5.11 Å². The lowest BCUT2D eigenvalue weighted by atomic mass is 10.2. The van der Waals surface area contributed by atoms with Gasteiger partial charge in [-0.1, -0.05) is 0 Å². The molecule has 0 radical (unpaired) electrons. The van der Waals surface area contributed by atoms with Crippen LogP contribution in [0.2, 0.25) is 0 Å². The van der Waals surface area contributed by atoms with Crippen molar-refractivity contribution in [3.05, 3.63) is 36.2 Å². The average Bonchev–Trinajstić information content (AvgIpc) is 2.19. The monoisotopic (exact) mass is 193 g/mol. The van der Waals surface area contributed by atoms with Crippen LogP contribution < -0.4 is 0 Å². The van der Waals surface area contributed by atoms with E-state index in [9.17, 15) is 14.7 Å². The summed E-state index contributed by atoms with van der Waals surface area (Å²) in [6.45, 7) is 0. The number of aromatic nitrogens is 1. The van der Waals surface area contributed by atoms with Crippen LogP contribution in [0.1, 0.15) is 5.56 Å². The minimum atomic E-state index is -1.61. The summed E-state index contributed by atoms with van der Waals surface area (Å²) in [5, 5.41) is 17.5. The third-order valence-electron chi connectivity index (χ3n) is 1.45. The molecule has 0 aliphatic carbocycles. The zero-order chi connectivity index (χ0) is 10.6. The zero-order valence-electron chi connectivity index (χ0n) is 7.04. The van der Waals surface area contributed by atoms with Gasteiger partial charge in [0, 0.05) is 24.0 Å². The number of carboxylic acid groups (broad SMARTS) is 1. The van der Waals surface area contributed by atoms with E-state index in [0.29, 0.717) is 11.6 Å². The van der Waals surface area contributed by atoms with Gasteiger partial charge in [-0.3, -0.25) is 9.78 Å². The Labute approximate surface area is 79.3 Å². The second kappa shape index (κ2) is 4.18. The van der Waals surface area contributed by atoms with Gasteiger partial charge in [0.25, 0.3) is 5.78 Å². The van der Waals surface area contributed by atoms with Crippen LogP contribution in [-0.4, -0.2) is 26.9 Å². The van der Waals surface area contributed by atoms with Gasteiger partial charge < -0.3 is 10.2 Å². The fraction of sp³-hybridized carbons (Fsp3) is 0. The molecule has 0 spiro atoms. The van der Waals surface area contributed by atoms with Crippen LogP contribution in [-0.2, 0) is 9.59 Å². The molecule has 0 fully saturated rings. The molecule has 1 heterocycles. The molecule has 0 amide bonds. The average molecular weight is 193 g/mol. The van der Waals surface area contributed by atoms with Crippen LogP contribution in [0, 0.1) is 0 Å². The van der Waals surface area contributed by atoms with Crippen LogP contribution in [0.4, 0.5) is 0 Å². The summed E-state index contributed by atoms with van der Waals surface area (Å²) >= 11 is 0. The van der Waals surface area contributed by atoms with Crippen LogP contribution in [0.3, 0.4) is 0 Å². The topological polar surface area (TPSA) is 87.5 Å². The second-order valence-corrected chi connectivity index (χ2v) is 2.43. The molecule has 14 heavy (non-hydrogen) atoms. The number of hydrogen-bond acceptors (Lipinski definition) is 4. The van der Waals surface area contributed by atoms with E-state index in [-0.39, 0.29) is 5.76 Å². The number of aliphatic carboxylic acids is 1. The summed E-state index contributed by atoms with van der Waals surface area (Å²) < 4.78 is 0. The van der Waals surface area contributed by atoms with Crippen molar-refractivity contribution in [1.29, 1.82) is 0 Å². The molecular weight excluding hydrogens is 186 g/mol. The van der Waals surface area contributed by atoms with E-state index in [2.05, 4.69) is 4.98 Å². The molecule has 0 aromatic carbocycles. The number of rotatable bonds is 3. The van der Waals surface area contributed by atoms with Gasteiger partial charge in [0.1, 0.15) is 5.76 Å². The highest BCUT2D eigenvalue weighted by Gasteiger charge is 2.09. The Balaban J connectivity index is 2.91. The van der Waals surface area contributed by atoms with E-state index in [1.807, 2.05) is 0 Å². The Bertz CT molecular complexity index is 383. The Hall–Kier alpha value is -2.17. The van der Waals surface area contributed by atoms with Crippen molar-refractivity contribution in [3.8, 4) is 0 Å². The maximum Gasteiger partial charge on any atom is 0.376 e. The normalized spacial score (nSPS) is 11.0. The van der Waals surface area contributed by atoms with Gasteiger partial charge in [0.15, 0.2) is 0 Å². The summed E-state index contributed by atoms with van der Waals surface area (Å²) in [7, 11) is 0. The summed E-state index contributed by atoms with van der Waals surface area (Å²) in [5.74, 6) is -3.16. The molecule has 0 unspecified atom stereocenters. The zero-order valence-corrected chi connectivity index (χ0v) is 7.04. The summed E-state index contributed by atoms with van der Waals surface area (Å²) in [6, 6.07) is 2.92. The number of aliphatic hydroxyl groups excluding tert-OH is 1. The summed E-state index contributed by atoms with van der Waals surface area (Å²) in [4.78, 5) is 24.5. The highest BCUT2D eigenvalue weighted by Crippen LogP contribution is 2.08. The number of pyridine rings is 1. The Morgan fingerprint density at radius 1 is 1.21 bits per heavy atom. The number of carbonyl (C=O) groups is 2. The first-order chi connectivity index (χ1) is 6.61. The first kappa shape index (κ1) is 9.91. The molecule has 0 aliphatic heterocycles. The number of nitrogens with zero attached hydrogens (tertiary/aromatic N) is 1. The molecular formula is C9H7NO4. The number of carbonyl (C=O) groups excluding carboxylic acids is 1. The first-order valence-corrected chi connectivity index (χ1v) is 3.69. The van der Waals surface area contributed by atoms with E-state index in [1.54, 1.807) is 0 Å². The molecule has 5 heteroatoms. The standard InChI is InChI=1S/C9H7NO4/c11-7(5-8(12)9(13)14)6-1-3-10-4-2-6/h1-5,11H,(H,13,14). The number of carboxylic acids is 1. The predicted octanol–water partition coefficient (Wildman–Crippen LogP) is 0.634. The quantitative estimate of drug-likeness (QED) is 0.417. The van der Waals surface area contributed by atoms with Gasteiger partial charge in [-0.2, -0.15) is 0 Å². The van der Waals surface area contributed by atoms with Crippen LogP contribution in [0.5, 0.6) is 0 Å². The van der Waals surface area contributed by atoms with Crippen molar-refractivity contribution in [3.63, 3.8) is 0 Å². The SMILES string of the molecule is O=C(O)C(=O)C=C(O)c1ccncc1. The van der Waals surface area contributed by atoms with Crippen LogP contribution in [0.25, 0.3) is 5.76 Å². The van der Waals surface area contributed by atoms with E-state index in [0.717, 1.165) is 0 Å². The molecule has 0 aliphatic rings. The first-order valence-electron chi connectivity index (χ1n) is 3.69. The third-order valence-corrected chi connectivity index (χ3v) is 1.45. The summed E-state index contributed by atoms with van der Waals surface area (Å²) in [5.41, 5.74) is 0.342. The predicted molar refractivity (Wildman–Crippen MR) is 47.5 cm³/mol. The fourth-order valence-corrected chi connectivity index (χ4v) is 0.792. The van der Waals surface area contributed by atoms with Crippen LogP contribution >= 0.6 is 0 Å². The highest BCUT2D eigenvalue weighted by molar-refractivity contribution is 6.38. The van der Waals surface area contributed by atoms with Gasteiger partial charge in [-0.05, 0) is 12.1 Å². The lowest BCUT2D eigenvalue weighted by Crippen LogP contribution is -2.09. The Morgan fingerprint density at radius 2 is 1.79 bits per heavy atom. The van der Waals surface area contributed by atoms with E-state index in [1.165, 1.54) is 24.5 Å². The van der Waals surface area contributed by atoms with E-state index < -0.39 is 11.8 Å². The molecule has 1 aromatic heterocycles. The molecule has 0 bridgehead atoms. The van der Waals surface area contributed by atoms with Crippen molar-refractivity contribution >= 4 is 17.5 Å². The minimum Gasteiger partial charge on any atom is -0.507 e. The molecule has 0 atom stereocenters. The fourth-order valence-electron chi connectivity index (χ4n) is 0.792. The largest absolute Gasteiger partial charge is 0.507 e. The lowest BCUT2D eigenvalue weighted by molar-refractivity contribution is -0.146. The van der Waals surface area contributed by atoms with Crippen molar-refractivity contribution in [2.24, 2.45) is 0 Å². The van der Waals surface area contributed by atoms with Crippen molar-refractivity contribution in [1.82, 2.24) is 4.98 Å². The minimum absolute atomic E-state index is 0.342. The van der Waals surface area contributed by atoms with Crippen molar-refractivity contribution < 1.29 is 19.8 Å². The summed E-state index contributed by atoms with van der Waals surface area (Å²) in [6.07, 6.45) is 3.49. The second-order valence-electron chi connectivity index (χ2n) is 2.43. The van der Waals surface area contributed by atoms with Gasteiger partial charge in [0.2, 0.25) is 0 Å². The van der Waals surface area contributed by atoms with Gasteiger partial charge in [-0.15, -0.1) is 0 Å². The maximum atomic E-state index is 10.7. The number of hydrogen-bond donors (Lipinski definition) is 2. The van der Waals surface area contributed by atoms with E-state index >= 15 is 0 Å². The van der Waals surface area contributed by atoms with Gasteiger partial charge >= 0.3 is 5.97 Å². The van der Waals surface area contributed by atoms with Crippen molar-refractivity contribution in [2.45, 2.75) is 0 Å². The third kappa shape index (κ3) is 2.41. The Kier molecular flexibility index (Phi) is 2.96. The molecule has 1 rings (SSSR count). The number of ketones is 1.